The predicted molar refractivity (Wildman–Crippen MR) is 120 cm³/mol. The third-order valence-electron chi connectivity index (χ3n) is 4.98. The molecule has 0 aliphatic heterocycles. The molecule has 0 saturated heterocycles. The maximum atomic E-state index is 12.8. The van der Waals surface area contributed by atoms with Gasteiger partial charge in [-0.3, -0.25) is 4.79 Å². The first-order valence-electron chi connectivity index (χ1n) is 10.3. The third kappa shape index (κ3) is 6.19. The van der Waals surface area contributed by atoms with E-state index in [4.69, 9.17) is 9.47 Å². The lowest BCUT2D eigenvalue weighted by molar-refractivity contribution is -0.121. The van der Waals surface area contributed by atoms with Crippen LogP contribution in [0.3, 0.4) is 0 Å². The summed E-state index contributed by atoms with van der Waals surface area (Å²) in [6, 6.07) is 24.6. The second-order valence-electron chi connectivity index (χ2n) is 7.10. The highest BCUT2D eigenvalue weighted by Crippen LogP contribution is 2.24. The molecule has 5 nitrogen and oxygen atoms in total. The Labute approximate surface area is 183 Å². The zero-order valence-electron chi connectivity index (χ0n) is 17.8. The quantitative estimate of drug-likeness (QED) is 0.512. The highest BCUT2D eigenvalue weighted by Gasteiger charge is 2.17. The lowest BCUT2D eigenvalue weighted by atomic mass is 9.98. The number of carbonyl (C=O) groups excluding carboxylic acids is 2. The first-order valence-corrected chi connectivity index (χ1v) is 10.3. The van der Waals surface area contributed by atoms with Gasteiger partial charge in [-0.15, -0.1) is 0 Å². The molecule has 0 aliphatic rings. The predicted octanol–water partition coefficient (Wildman–Crippen LogP) is 4.71. The summed E-state index contributed by atoms with van der Waals surface area (Å²) in [7, 11) is 1.36. The monoisotopic (exact) mass is 417 g/mol. The van der Waals surface area contributed by atoms with Crippen LogP contribution < -0.4 is 10.1 Å². The van der Waals surface area contributed by atoms with Gasteiger partial charge in [0.15, 0.2) is 0 Å². The molecular weight excluding hydrogens is 390 g/mol. The molecule has 0 aromatic heterocycles. The van der Waals surface area contributed by atoms with E-state index in [0.29, 0.717) is 25.0 Å². The van der Waals surface area contributed by atoms with E-state index in [1.165, 1.54) is 7.11 Å². The average Bonchev–Trinajstić information content (AvgIpc) is 2.82. The Morgan fingerprint density at radius 2 is 1.52 bits per heavy atom. The van der Waals surface area contributed by atoms with Gasteiger partial charge in [-0.25, -0.2) is 4.79 Å². The van der Waals surface area contributed by atoms with Crippen LogP contribution >= 0.6 is 0 Å². The number of rotatable bonds is 9. The van der Waals surface area contributed by atoms with Gasteiger partial charge in [-0.2, -0.15) is 0 Å². The highest BCUT2D eigenvalue weighted by atomic mass is 16.5. The molecule has 0 spiro atoms. The van der Waals surface area contributed by atoms with Crippen molar-refractivity contribution in [1.29, 1.82) is 0 Å². The molecule has 0 heterocycles. The number of methoxy groups -OCH3 is 1. The summed E-state index contributed by atoms with van der Waals surface area (Å²) < 4.78 is 10.2. The van der Waals surface area contributed by atoms with Crippen LogP contribution in [-0.4, -0.2) is 25.6 Å². The molecule has 0 saturated carbocycles. The number of aryl methyl sites for hydroxylation is 1. The largest absolute Gasteiger partial charge is 0.494 e. The zero-order valence-corrected chi connectivity index (χ0v) is 17.8. The molecule has 5 heteroatoms. The zero-order chi connectivity index (χ0) is 22.1. The number of esters is 1. The van der Waals surface area contributed by atoms with Crippen molar-refractivity contribution in [2.45, 2.75) is 25.8 Å². The van der Waals surface area contributed by atoms with Crippen LogP contribution in [0, 0.1) is 0 Å². The molecule has 3 aromatic carbocycles. The summed E-state index contributed by atoms with van der Waals surface area (Å²) in [4.78, 5) is 24.3. The van der Waals surface area contributed by atoms with Crippen LogP contribution in [0.15, 0.2) is 78.9 Å². The van der Waals surface area contributed by atoms with Gasteiger partial charge >= 0.3 is 5.97 Å². The first kappa shape index (κ1) is 22.1. The molecule has 0 radical (unpaired) electrons. The Morgan fingerprint density at radius 3 is 2.13 bits per heavy atom. The fourth-order valence-corrected chi connectivity index (χ4v) is 3.34. The molecule has 1 unspecified atom stereocenters. The molecule has 1 N–H and O–H groups in total. The van der Waals surface area contributed by atoms with E-state index in [9.17, 15) is 9.59 Å². The fourth-order valence-electron chi connectivity index (χ4n) is 3.34. The fraction of sp³-hybridized carbons (Fsp3) is 0.231. The summed E-state index contributed by atoms with van der Waals surface area (Å²) in [6.07, 6.45) is 0.927. The van der Waals surface area contributed by atoms with Crippen LogP contribution in [0.2, 0.25) is 0 Å². The number of ether oxygens (including phenoxy) is 2. The maximum absolute atomic E-state index is 12.8. The van der Waals surface area contributed by atoms with Gasteiger partial charge in [-0.1, -0.05) is 54.6 Å². The average molecular weight is 418 g/mol. The summed E-state index contributed by atoms with van der Waals surface area (Å²) in [5, 5.41) is 3.16. The van der Waals surface area contributed by atoms with Crippen LogP contribution in [0.4, 0.5) is 0 Å². The Morgan fingerprint density at radius 1 is 0.871 bits per heavy atom. The molecule has 1 amide bonds. The summed E-state index contributed by atoms with van der Waals surface area (Å²) >= 11 is 0. The van der Waals surface area contributed by atoms with Crippen LogP contribution in [0.1, 0.15) is 46.4 Å². The van der Waals surface area contributed by atoms with Crippen molar-refractivity contribution in [3.63, 3.8) is 0 Å². The Hall–Kier alpha value is -3.60. The summed E-state index contributed by atoms with van der Waals surface area (Å²) in [6.45, 7) is 2.56. The molecule has 0 aliphatic carbocycles. The van der Waals surface area contributed by atoms with Crippen molar-refractivity contribution in [3.05, 3.63) is 101 Å². The molecule has 0 bridgehead atoms. The van der Waals surface area contributed by atoms with Crippen molar-refractivity contribution in [1.82, 2.24) is 5.32 Å². The second-order valence-corrected chi connectivity index (χ2v) is 7.10. The van der Waals surface area contributed by atoms with E-state index in [-0.39, 0.29) is 17.9 Å². The number of hydrogen-bond donors (Lipinski definition) is 1. The molecular formula is C26H27NO4. The topological polar surface area (TPSA) is 64.6 Å². The van der Waals surface area contributed by atoms with Gasteiger partial charge in [0, 0.05) is 6.42 Å². The van der Waals surface area contributed by atoms with Crippen LogP contribution in [0.25, 0.3) is 0 Å². The molecule has 3 aromatic rings. The second kappa shape index (κ2) is 11.0. The number of amides is 1. The minimum atomic E-state index is -0.370. The summed E-state index contributed by atoms with van der Waals surface area (Å²) in [5.74, 6) is 0.393. The van der Waals surface area contributed by atoms with Crippen molar-refractivity contribution in [2.75, 3.05) is 13.7 Å². The SMILES string of the molecule is CCOc1ccc(C(NC(=O)CCc2ccc(C(=O)OC)cc2)c2ccccc2)cc1. The number of nitrogens with one attached hydrogen (secondary N) is 1. The molecule has 1 atom stereocenters. The van der Waals surface area contributed by atoms with Crippen molar-refractivity contribution in [2.24, 2.45) is 0 Å². The Kier molecular flexibility index (Phi) is 7.82. The van der Waals surface area contributed by atoms with Crippen LogP contribution in [-0.2, 0) is 16.0 Å². The van der Waals surface area contributed by atoms with E-state index < -0.39 is 0 Å². The minimum absolute atomic E-state index is 0.0419. The van der Waals surface area contributed by atoms with Crippen molar-refractivity contribution < 1.29 is 19.1 Å². The van der Waals surface area contributed by atoms with Gasteiger partial charge in [0.1, 0.15) is 5.75 Å². The van der Waals surface area contributed by atoms with E-state index >= 15 is 0 Å². The molecule has 3 rings (SSSR count). The van der Waals surface area contributed by atoms with E-state index in [1.54, 1.807) is 12.1 Å². The van der Waals surface area contributed by atoms with Gasteiger partial charge in [0.25, 0.3) is 0 Å². The molecule has 0 fully saturated rings. The van der Waals surface area contributed by atoms with Gasteiger partial charge in [0.05, 0.1) is 25.3 Å². The number of hydrogen-bond acceptors (Lipinski definition) is 4. The number of benzene rings is 3. The Bertz CT molecular complexity index is 982. The van der Waals surface area contributed by atoms with Gasteiger partial charge in [0.2, 0.25) is 5.91 Å². The van der Waals surface area contributed by atoms with E-state index in [2.05, 4.69) is 5.32 Å². The van der Waals surface area contributed by atoms with Crippen LogP contribution in [0.5, 0.6) is 5.75 Å². The third-order valence-corrected chi connectivity index (χ3v) is 4.98. The van der Waals surface area contributed by atoms with Crippen molar-refractivity contribution >= 4 is 11.9 Å². The maximum Gasteiger partial charge on any atom is 0.337 e. The first-order chi connectivity index (χ1) is 15.1. The normalized spacial score (nSPS) is 11.4. The Balaban J connectivity index is 1.68. The van der Waals surface area contributed by atoms with E-state index in [0.717, 1.165) is 22.4 Å². The lowest BCUT2D eigenvalue weighted by Crippen LogP contribution is -2.29. The molecule has 31 heavy (non-hydrogen) atoms. The lowest BCUT2D eigenvalue weighted by Gasteiger charge is -2.20. The number of carbonyl (C=O) groups is 2. The van der Waals surface area contributed by atoms with Gasteiger partial charge < -0.3 is 14.8 Å². The van der Waals surface area contributed by atoms with Crippen molar-refractivity contribution in [3.8, 4) is 5.75 Å². The standard InChI is InChI=1S/C26H27NO4/c1-3-31-23-16-14-21(15-17-23)25(20-7-5-4-6-8-20)27-24(28)18-11-19-9-12-22(13-10-19)26(29)30-2/h4-10,12-17,25H,3,11,18H2,1-2H3,(H,27,28). The van der Waals surface area contributed by atoms with E-state index in [1.807, 2.05) is 73.7 Å². The minimum Gasteiger partial charge on any atom is -0.494 e. The smallest absolute Gasteiger partial charge is 0.337 e. The highest BCUT2D eigenvalue weighted by molar-refractivity contribution is 5.89. The summed E-state index contributed by atoms with van der Waals surface area (Å²) in [5.41, 5.74) is 3.49. The van der Waals surface area contributed by atoms with Gasteiger partial charge in [-0.05, 0) is 54.3 Å². The molecule has 160 valence electrons.